The van der Waals surface area contributed by atoms with E-state index in [1.54, 1.807) is 24.0 Å². The number of benzene rings is 2. The van der Waals surface area contributed by atoms with Crippen molar-refractivity contribution in [1.82, 2.24) is 10.2 Å². The maximum atomic E-state index is 13.0. The Kier molecular flexibility index (Phi) is 4.41. The number of carbonyl (C=O) groups excluding carboxylic acids is 3. The second-order valence-corrected chi connectivity index (χ2v) is 7.59. The first kappa shape index (κ1) is 18.2. The van der Waals surface area contributed by atoms with E-state index in [9.17, 15) is 14.4 Å². The van der Waals surface area contributed by atoms with E-state index in [1.165, 1.54) is 0 Å². The number of amides is 4. The molecule has 144 valence electrons. The number of nitrogens with one attached hydrogen (secondary N) is 1. The second-order valence-electron chi connectivity index (χ2n) is 7.59. The molecule has 0 aliphatic carbocycles. The molecule has 28 heavy (non-hydrogen) atoms. The minimum Gasteiger partial charge on any atom is -0.319 e. The van der Waals surface area contributed by atoms with Crippen molar-refractivity contribution >= 4 is 23.5 Å². The summed E-state index contributed by atoms with van der Waals surface area (Å²) in [4.78, 5) is 41.2. The summed E-state index contributed by atoms with van der Waals surface area (Å²) in [5.41, 5.74) is 2.70. The number of anilines is 1. The standard InChI is InChI=1S/C22H23N3O3/c1-15-10-11-18-16(13-15)7-6-12-24(18)19(26)14-25-20(27)22(2,23-21(25)28)17-8-4-3-5-9-17/h3-5,8-11,13H,6-7,12,14H2,1-2H3,(H,23,28). The van der Waals surface area contributed by atoms with Gasteiger partial charge in [0.25, 0.3) is 5.91 Å². The number of carbonyl (C=O) groups is 3. The van der Waals surface area contributed by atoms with Gasteiger partial charge < -0.3 is 10.2 Å². The molecule has 1 saturated heterocycles. The van der Waals surface area contributed by atoms with Crippen molar-refractivity contribution in [3.05, 3.63) is 65.2 Å². The molecule has 6 nitrogen and oxygen atoms in total. The van der Waals surface area contributed by atoms with E-state index in [1.807, 2.05) is 37.3 Å². The van der Waals surface area contributed by atoms with E-state index in [-0.39, 0.29) is 12.5 Å². The van der Waals surface area contributed by atoms with Crippen LogP contribution < -0.4 is 10.2 Å². The fraction of sp³-hybridized carbons (Fsp3) is 0.318. The third kappa shape index (κ3) is 2.95. The quantitative estimate of drug-likeness (QED) is 0.836. The van der Waals surface area contributed by atoms with E-state index in [4.69, 9.17) is 0 Å². The topological polar surface area (TPSA) is 69.7 Å². The monoisotopic (exact) mass is 377 g/mol. The van der Waals surface area contributed by atoms with Gasteiger partial charge in [-0.2, -0.15) is 0 Å². The first-order chi connectivity index (χ1) is 13.4. The molecule has 0 bridgehead atoms. The molecule has 4 rings (SSSR count). The van der Waals surface area contributed by atoms with Gasteiger partial charge in [-0.25, -0.2) is 4.79 Å². The first-order valence-corrected chi connectivity index (χ1v) is 9.50. The van der Waals surface area contributed by atoms with Gasteiger partial charge in [-0.15, -0.1) is 0 Å². The lowest BCUT2D eigenvalue weighted by molar-refractivity contribution is -0.134. The third-order valence-electron chi connectivity index (χ3n) is 5.57. The van der Waals surface area contributed by atoms with Crippen molar-refractivity contribution in [2.75, 3.05) is 18.0 Å². The van der Waals surface area contributed by atoms with Crippen molar-refractivity contribution < 1.29 is 14.4 Å². The Labute approximate surface area is 164 Å². The molecule has 6 heteroatoms. The zero-order chi connectivity index (χ0) is 19.9. The van der Waals surface area contributed by atoms with Crippen molar-refractivity contribution in [2.45, 2.75) is 32.2 Å². The van der Waals surface area contributed by atoms with E-state index in [0.717, 1.165) is 34.6 Å². The Balaban J connectivity index is 1.56. The first-order valence-electron chi connectivity index (χ1n) is 9.50. The van der Waals surface area contributed by atoms with Crippen molar-refractivity contribution in [2.24, 2.45) is 0 Å². The maximum absolute atomic E-state index is 13.0. The van der Waals surface area contributed by atoms with Crippen molar-refractivity contribution in [1.29, 1.82) is 0 Å². The summed E-state index contributed by atoms with van der Waals surface area (Å²) in [7, 11) is 0. The fourth-order valence-corrected chi connectivity index (χ4v) is 4.01. The van der Waals surface area contributed by atoms with Crippen LogP contribution in [0.1, 0.15) is 30.0 Å². The Bertz CT molecular complexity index is 957. The van der Waals surface area contributed by atoms with E-state index in [0.29, 0.717) is 12.1 Å². The largest absolute Gasteiger partial charge is 0.325 e. The summed E-state index contributed by atoms with van der Waals surface area (Å²) in [6, 6.07) is 14.6. The SMILES string of the molecule is Cc1ccc2c(c1)CCCN2C(=O)CN1C(=O)NC(C)(c2ccccc2)C1=O. The Morgan fingerprint density at radius 1 is 1.14 bits per heavy atom. The summed E-state index contributed by atoms with van der Waals surface area (Å²) in [6.07, 6.45) is 1.79. The molecule has 0 saturated carbocycles. The van der Waals surface area contributed by atoms with Crippen LogP contribution in [0.25, 0.3) is 0 Å². The molecule has 0 aromatic heterocycles. The molecule has 2 aromatic carbocycles. The molecule has 1 atom stereocenters. The van der Waals surface area contributed by atoms with Crippen LogP contribution in [0.15, 0.2) is 48.5 Å². The highest BCUT2D eigenvalue weighted by atomic mass is 16.2. The summed E-state index contributed by atoms with van der Waals surface area (Å²) >= 11 is 0. The van der Waals surface area contributed by atoms with Crippen LogP contribution in [0.5, 0.6) is 0 Å². The van der Waals surface area contributed by atoms with Gasteiger partial charge >= 0.3 is 6.03 Å². The Morgan fingerprint density at radius 3 is 2.64 bits per heavy atom. The van der Waals surface area contributed by atoms with Crippen LogP contribution in [-0.2, 0) is 21.5 Å². The summed E-state index contributed by atoms with van der Waals surface area (Å²) in [5, 5.41) is 2.75. The third-order valence-corrected chi connectivity index (χ3v) is 5.57. The average Bonchev–Trinajstić information content (AvgIpc) is 2.92. The molecular weight excluding hydrogens is 354 g/mol. The molecule has 2 aliphatic rings. The number of rotatable bonds is 3. The lowest BCUT2D eigenvalue weighted by Gasteiger charge is -2.31. The van der Waals surface area contributed by atoms with E-state index >= 15 is 0 Å². The van der Waals surface area contributed by atoms with Crippen LogP contribution in [0.2, 0.25) is 0 Å². The van der Waals surface area contributed by atoms with Crippen LogP contribution in [0.4, 0.5) is 10.5 Å². The Morgan fingerprint density at radius 2 is 1.89 bits per heavy atom. The maximum Gasteiger partial charge on any atom is 0.325 e. The van der Waals surface area contributed by atoms with Gasteiger partial charge in [-0.1, -0.05) is 48.0 Å². The van der Waals surface area contributed by atoms with Gasteiger partial charge in [0, 0.05) is 12.2 Å². The van der Waals surface area contributed by atoms with Crippen LogP contribution in [0, 0.1) is 6.92 Å². The zero-order valence-corrected chi connectivity index (χ0v) is 16.1. The number of hydrogen-bond donors (Lipinski definition) is 1. The number of urea groups is 1. The van der Waals surface area contributed by atoms with Gasteiger partial charge in [-0.3, -0.25) is 14.5 Å². The lowest BCUT2D eigenvalue weighted by Crippen LogP contribution is -2.46. The minimum absolute atomic E-state index is 0.245. The molecule has 4 amide bonds. The number of nitrogens with zero attached hydrogens (tertiary/aromatic N) is 2. The molecule has 1 N–H and O–H groups in total. The van der Waals surface area contributed by atoms with Gasteiger partial charge in [0.05, 0.1) is 0 Å². The summed E-state index contributed by atoms with van der Waals surface area (Å²) in [6.45, 7) is 4.03. The minimum atomic E-state index is -1.16. The van der Waals surface area contributed by atoms with Gasteiger partial charge in [0.1, 0.15) is 12.1 Å². The fourth-order valence-electron chi connectivity index (χ4n) is 4.01. The molecule has 2 heterocycles. The van der Waals surface area contributed by atoms with Gasteiger partial charge in [0.15, 0.2) is 0 Å². The zero-order valence-electron chi connectivity index (χ0n) is 16.1. The highest BCUT2D eigenvalue weighted by Crippen LogP contribution is 2.31. The number of fused-ring (bicyclic) bond motifs is 1. The molecule has 1 fully saturated rings. The average molecular weight is 377 g/mol. The molecule has 2 aromatic rings. The van der Waals surface area contributed by atoms with Gasteiger partial charge in [-0.05, 0) is 43.9 Å². The van der Waals surface area contributed by atoms with E-state index < -0.39 is 17.5 Å². The summed E-state index contributed by atoms with van der Waals surface area (Å²) in [5.74, 6) is -0.649. The van der Waals surface area contributed by atoms with Crippen LogP contribution in [-0.4, -0.2) is 35.8 Å². The molecule has 0 spiro atoms. The smallest absolute Gasteiger partial charge is 0.319 e. The van der Waals surface area contributed by atoms with Crippen LogP contribution >= 0.6 is 0 Å². The van der Waals surface area contributed by atoms with Crippen molar-refractivity contribution in [3.8, 4) is 0 Å². The van der Waals surface area contributed by atoms with Crippen molar-refractivity contribution in [3.63, 3.8) is 0 Å². The number of hydrogen-bond acceptors (Lipinski definition) is 3. The van der Waals surface area contributed by atoms with E-state index in [2.05, 4.69) is 11.4 Å². The number of aryl methyl sites for hydroxylation is 2. The normalized spacial score (nSPS) is 21.5. The highest BCUT2D eigenvalue weighted by molar-refractivity contribution is 6.10. The predicted octanol–water partition coefficient (Wildman–Crippen LogP) is 2.74. The Hall–Kier alpha value is -3.15. The molecule has 2 aliphatic heterocycles. The summed E-state index contributed by atoms with van der Waals surface area (Å²) < 4.78 is 0. The van der Waals surface area contributed by atoms with Gasteiger partial charge in [0.2, 0.25) is 5.91 Å². The predicted molar refractivity (Wildman–Crippen MR) is 106 cm³/mol. The highest BCUT2D eigenvalue weighted by Gasteiger charge is 2.49. The number of imide groups is 1. The molecule has 1 unspecified atom stereocenters. The second kappa shape index (κ2) is 6.78. The van der Waals surface area contributed by atoms with Crippen LogP contribution in [0.3, 0.4) is 0 Å². The lowest BCUT2D eigenvalue weighted by atomic mass is 9.92. The molecule has 0 radical (unpaired) electrons. The molecular formula is C22H23N3O3.